The first-order valence-electron chi connectivity index (χ1n) is 7.02. The van der Waals surface area contributed by atoms with Crippen molar-refractivity contribution in [1.29, 1.82) is 0 Å². The lowest BCUT2D eigenvalue weighted by atomic mass is 10.0. The number of nitrogens with zero attached hydrogens (tertiary/aromatic N) is 2. The van der Waals surface area contributed by atoms with Crippen LogP contribution in [0.15, 0.2) is 35.3 Å². The van der Waals surface area contributed by atoms with E-state index in [-0.39, 0.29) is 6.04 Å². The van der Waals surface area contributed by atoms with E-state index in [0.29, 0.717) is 11.9 Å². The third-order valence-corrected chi connectivity index (χ3v) is 2.80. The van der Waals surface area contributed by atoms with Gasteiger partial charge in [-0.15, -0.1) is 0 Å². The molecule has 4 N–H and O–H groups in total. The van der Waals surface area contributed by atoms with Gasteiger partial charge in [-0.2, -0.15) is 0 Å². The molecule has 1 atom stereocenters. The van der Waals surface area contributed by atoms with Gasteiger partial charge in [-0.1, -0.05) is 32.0 Å². The molecule has 1 rings (SSSR count). The molecular formula is C15H27N5. The molecule has 0 radical (unpaired) electrons. The summed E-state index contributed by atoms with van der Waals surface area (Å²) in [6.45, 7) is 5.32. The standard InChI is InChI=1S/C15H27N5/c1-12(2)10-14(11-20(3)4)18-15(19-16)17-13-8-6-5-7-9-13/h5-9,12,14H,10-11,16H2,1-4H3,(H2,17,18,19). The summed E-state index contributed by atoms with van der Waals surface area (Å²) in [7, 11) is 4.12. The molecule has 112 valence electrons. The van der Waals surface area contributed by atoms with Gasteiger partial charge < -0.3 is 10.2 Å². The number of hydrazine groups is 1. The highest BCUT2D eigenvalue weighted by Gasteiger charge is 2.12. The normalized spacial score (nSPS) is 13.7. The van der Waals surface area contributed by atoms with E-state index in [9.17, 15) is 0 Å². The van der Waals surface area contributed by atoms with E-state index in [2.05, 4.69) is 43.6 Å². The third kappa shape index (κ3) is 6.54. The molecule has 0 spiro atoms. The minimum absolute atomic E-state index is 0.215. The number of aliphatic imine (C=N–C) groups is 1. The average Bonchev–Trinajstić information content (AvgIpc) is 2.37. The van der Waals surface area contributed by atoms with Gasteiger partial charge in [0.15, 0.2) is 0 Å². The molecular weight excluding hydrogens is 250 g/mol. The van der Waals surface area contributed by atoms with Crippen LogP contribution in [0.1, 0.15) is 20.3 Å². The van der Waals surface area contributed by atoms with E-state index in [1.54, 1.807) is 0 Å². The number of likely N-dealkylation sites (N-methyl/N-ethyl adjacent to an activating group) is 1. The van der Waals surface area contributed by atoms with Crippen LogP contribution in [0.4, 0.5) is 5.69 Å². The maximum absolute atomic E-state index is 5.57. The lowest BCUT2D eigenvalue weighted by Crippen LogP contribution is -2.38. The molecule has 1 unspecified atom stereocenters. The number of para-hydroxylation sites is 1. The number of anilines is 1. The Morgan fingerprint density at radius 2 is 1.90 bits per heavy atom. The number of nitrogens with two attached hydrogens (primary N) is 1. The van der Waals surface area contributed by atoms with Crippen LogP contribution >= 0.6 is 0 Å². The van der Waals surface area contributed by atoms with Gasteiger partial charge >= 0.3 is 0 Å². The SMILES string of the molecule is CC(C)CC(CN(C)C)N=C(NN)Nc1ccccc1. The van der Waals surface area contributed by atoms with Crippen molar-refractivity contribution >= 4 is 11.6 Å². The Morgan fingerprint density at radius 3 is 2.40 bits per heavy atom. The molecule has 0 aliphatic rings. The summed E-state index contributed by atoms with van der Waals surface area (Å²) in [6, 6.07) is 10.1. The lowest BCUT2D eigenvalue weighted by molar-refractivity contribution is 0.345. The molecule has 0 aromatic heterocycles. The molecule has 0 fully saturated rings. The van der Waals surface area contributed by atoms with Crippen LogP contribution in [-0.4, -0.2) is 37.5 Å². The van der Waals surface area contributed by atoms with Gasteiger partial charge in [0.05, 0.1) is 6.04 Å². The number of guanidine groups is 1. The van der Waals surface area contributed by atoms with Gasteiger partial charge in [-0.25, -0.2) is 10.8 Å². The first-order chi connectivity index (χ1) is 9.51. The van der Waals surface area contributed by atoms with Crippen molar-refractivity contribution in [1.82, 2.24) is 10.3 Å². The smallest absolute Gasteiger partial charge is 0.210 e. The van der Waals surface area contributed by atoms with Crippen LogP contribution in [0.25, 0.3) is 0 Å². The summed E-state index contributed by atoms with van der Waals surface area (Å²) in [4.78, 5) is 6.84. The van der Waals surface area contributed by atoms with Crippen molar-refractivity contribution < 1.29 is 0 Å². The zero-order valence-corrected chi connectivity index (χ0v) is 12.9. The molecule has 5 heteroatoms. The first kappa shape index (κ1) is 16.5. The van der Waals surface area contributed by atoms with E-state index < -0.39 is 0 Å². The summed E-state index contributed by atoms with van der Waals surface area (Å²) in [5, 5.41) is 3.20. The number of benzene rings is 1. The van der Waals surface area contributed by atoms with Gasteiger partial charge in [0, 0.05) is 12.2 Å². The minimum Gasteiger partial charge on any atom is -0.325 e. The predicted octanol–water partition coefficient (Wildman–Crippen LogP) is 1.89. The number of hydrogen-bond donors (Lipinski definition) is 3. The molecule has 0 saturated carbocycles. The van der Waals surface area contributed by atoms with Gasteiger partial charge in [0.2, 0.25) is 5.96 Å². The highest BCUT2D eigenvalue weighted by molar-refractivity contribution is 5.93. The molecule has 0 aliphatic heterocycles. The second kappa shape index (κ2) is 8.55. The molecule has 0 aliphatic carbocycles. The van der Waals surface area contributed by atoms with E-state index in [1.165, 1.54) is 0 Å². The Hall–Kier alpha value is -1.59. The topological polar surface area (TPSA) is 65.7 Å². The molecule has 0 heterocycles. The number of hydrogen-bond acceptors (Lipinski definition) is 3. The first-order valence-corrected chi connectivity index (χ1v) is 7.02. The summed E-state index contributed by atoms with van der Waals surface area (Å²) in [5.74, 6) is 6.77. The summed E-state index contributed by atoms with van der Waals surface area (Å²) in [6.07, 6.45) is 1.03. The maximum Gasteiger partial charge on any atom is 0.210 e. The van der Waals surface area contributed by atoms with Crippen molar-refractivity contribution in [3.8, 4) is 0 Å². The molecule has 1 aromatic carbocycles. The average molecular weight is 277 g/mol. The Bertz CT molecular complexity index is 390. The van der Waals surface area contributed by atoms with E-state index >= 15 is 0 Å². The molecule has 1 aromatic rings. The van der Waals surface area contributed by atoms with Crippen molar-refractivity contribution in [2.24, 2.45) is 16.8 Å². The Labute approximate surface area is 122 Å². The molecule has 0 saturated heterocycles. The van der Waals surface area contributed by atoms with Crippen molar-refractivity contribution in [3.05, 3.63) is 30.3 Å². The fraction of sp³-hybridized carbons (Fsp3) is 0.533. The highest BCUT2D eigenvalue weighted by Crippen LogP contribution is 2.10. The highest BCUT2D eigenvalue weighted by atomic mass is 15.3. The lowest BCUT2D eigenvalue weighted by Gasteiger charge is -2.21. The Kier molecular flexibility index (Phi) is 7.04. The summed E-state index contributed by atoms with van der Waals surface area (Å²) >= 11 is 0. The molecule has 0 bridgehead atoms. The fourth-order valence-electron chi connectivity index (χ4n) is 2.08. The van der Waals surface area contributed by atoms with E-state index in [1.807, 2.05) is 30.3 Å². The summed E-state index contributed by atoms with van der Waals surface area (Å²) in [5.41, 5.74) is 3.62. The van der Waals surface area contributed by atoms with Crippen LogP contribution in [0, 0.1) is 5.92 Å². The van der Waals surface area contributed by atoms with Gasteiger partial charge in [-0.05, 0) is 38.6 Å². The Balaban J connectivity index is 2.76. The quantitative estimate of drug-likeness (QED) is 0.321. The predicted molar refractivity (Wildman–Crippen MR) is 86.6 cm³/mol. The van der Waals surface area contributed by atoms with E-state index in [0.717, 1.165) is 18.7 Å². The van der Waals surface area contributed by atoms with Crippen molar-refractivity contribution in [3.63, 3.8) is 0 Å². The van der Waals surface area contributed by atoms with E-state index in [4.69, 9.17) is 10.8 Å². The largest absolute Gasteiger partial charge is 0.325 e. The minimum atomic E-state index is 0.215. The number of rotatable bonds is 6. The molecule has 20 heavy (non-hydrogen) atoms. The van der Waals surface area contributed by atoms with Crippen LogP contribution in [0.2, 0.25) is 0 Å². The zero-order valence-electron chi connectivity index (χ0n) is 12.9. The third-order valence-electron chi connectivity index (χ3n) is 2.80. The fourth-order valence-corrected chi connectivity index (χ4v) is 2.08. The van der Waals surface area contributed by atoms with Crippen molar-refractivity contribution in [2.75, 3.05) is 26.0 Å². The monoisotopic (exact) mass is 277 g/mol. The number of nitrogens with one attached hydrogen (secondary N) is 2. The van der Waals surface area contributed by atoms with Crippen molar-refractivity contribution in [2.45, 2.75) is 26.3 Å². The zero-order chi connectivity index (χ0) is 15.0. The van der Waals surface area contributed by atoms with Gasteiger partial charge in [0.1, 0.15) is 0 Å². The Morgan fingerprint density at radius 1 is 1.25 bits per heavy atom. The molecule has 5 nitrogen and oxygen atoms in total. The van der Waals surface area contributed by atoms with Crippen LogP contribution < -0.4 is 16.6 Å². The van der Waals surface area contributed by atoms with Crippen LogP contribution in [0.3, 0.4) is 0 Å². The second-order valence-electron chi connectivity index (χ2n) is 5.66. The summed E-state index contributed by atoms with van der Waals surface area (Å²) < 4.78 is 0. The molecule has 0 amide bonds. The van der Waals surface area contributed by atoms with Gasteiger partial charge in [-0.3, -0.25) is 5.43 Å². The van der Waals surface area contributed by atoms with Crippen LogP contribution in [-0.2, 0) is 0 Å². The maximum atomic E-state index is 5.57. The second-order valence-corrected chi connectivity index (χ2v) is 5.66. The van der Waals surface area contributed by atoms with Gasteiger partial charge in [0.25, 0.3) is 0 Å². The van der Waals surface area contributed by atoms with Crippen LogP contribution in [0.5, 0.6) is 0 Å².